The standard InChI is InChI=1S/C13H26N4OS.HI/c1-5-12(18)17-7-6-11(9-17)16-13(14-3)15-8-10(2)19-4;/h10-11H,5-9H2,1-4H3,(H2,14,15,16);1H. The number of hydrogen-bond acceptors (Lipinski definition) is 3. The molecule has 7 heteroatoms. The summed E-state index contributed by atoms with van der Waals surface area (Å²) in [4.78, 5) is 17.8. The molecular weight excluding hydrogens is 387 g/mol. The zero-order chi connectivity index (χ0) is 14.3. The van der Waals surface area contributed by atoms with Gasteiger partial charge in [-0.25, -0.2) is 0 Å². The first kappa shape index (κ1) is 19.8. The molecular formula is C13H27IN4OS. The normalized spacial score (nSPS) is 20.3. The fraction of sp³-hybridized carbons (Fsp3) is 0.846. The van der Waals surface area contributed by atoms with Crippen LogP contribution in [-0.2, 0) is 4.79 Å². The van der Waals surface area contributed by atoms with Crippen LogP contribution in [0, 0.1) is 0 Å². The summed E-state index contributed by atoms with van der Waals surface area (Å²) in [6, 6.07) is 0.311. The van der Waals surface area contributed by atoms with E-state index in [9.17, 15) is 4.79 Å². The highest BCUT2D eigenvalue weighted by Crippen LogP contribution is 2.10. The molecule has 0 saturated carbocycles. The maximum atomic E-state index is 11.6. The van der Waals surface area contributed by atoms with Gasteiger partial charge in [-0.2, -0.15) is 11.8 Å². The van der Waals surface area contributed by atoms with Gasteiger partial charge in [0.15, 0.2) is 5.96 Å². The van der Waals surface area contributed by atoms with E-state index in [0.29, 0.717) is 17.7 Å². The van der Waals surface area contributed by atoms with Gasteiger partial charge in [-0.1, -0.05) is 13.8 Å². The second-order valence-electron chi connectivity index (χ2n) is 4.82. The van der Waals surface area contributed by atoms with Crippen molar-refractivity contribution in [2.75, 3.05) is 32.9 Å². The van der Waals surface area contributed by atoms with E-state index in [1.54, 1.807) is 7.05 Å². The number of carbonyl (C=O) groups excluding carboxylic acids is 1. The Bertz CT molecular complexity index is 327. The van der Waals surface area contributed by atoms with Gasteiger partial charge in [0, 0.05) is 44.4 Å². The van der Waals surface area contributed by atoms with Crippen molar-refractivity contribution < 1.29 is 4.79 Å². The zero-order valence-electron chi connectivity index (χ0n) is 12.8. The van der Waals surface area contributed by atoms with Crippen molar-refractivity contribution in [3.8, 4) is 0 Å². The molecule has 0 aromatic heterocycles. The molecule has 5 nitrogen and oxygen atoms in total. The summed E-state index contributed by atoms with van der Waals surface area (Å²) in [5.74, 6) is 1.07. The molecule has 0 bridgehead atoms. The van der Waals surface area contributed by atoms with Crippen LogP contribution in [-0.4, -0.2) is 61.0 Å². The van der Waals surface area contributed by atoms with Crippen LogP contribution in [0.2, 0.25) is 0 Å². The van der Waals surface area contributed by atoms with Crippen molar-refractivity contribution >= 4 is 47.6 Å². The number of nitrogens with one attached hydrogen (secondary N) is 2. The summed E-state index contributed by atoms with van der Waals surface area (Å²) in [6.07, 6.45) is 3.68. The van der Waals surface area contributed by atoms with Crippen LogP contribution in [0.1, 0.15) is 26.7 Å². The van der Waals surface area contributed by atoms with Gasteiger partial charge in [-0.15, -0.1) is 24.0 Å². The van der Waals surface area contributed by atoms with Crippen LogP contribution in [0.3, 0.4) is 0 Å². The lowest BCUT2D eigenvalue weighted by Gasteiger charge is -2.19. The molecule has 2 N–H and O–H groups in total. The van der Waals surface area contributed by atoms with Gasteiger partial charge in [-0.3, -0.25) is 9.79 Å². The second-order valence-corrected chi connectivity index (χ2v) is 6.10. The van der Waals surface area contributed by atoms with Crippen LogP contribution < -0.4 is 10.6 Å². The van der Waals surface area contributed by atoms with Gasteiger partial charge in [-0.05, 0) is 12.7 Å². The molecule has 118 valence electrons. The molecule has 0 aromatic carbocycles. The number of hydrogen-bond donors (Lipinski definition) is 2. The van der Waals surface area contributed by atoms with E-state index in [-0.39, 0.29) is 29.9 Å². The van der Waals surface area contributed by atoms with Crippen molar-refractivity contribution in [1.29, 1.82) is 0 Å². The summed E-state index contributed by atoms with van der Waals surface area (Å²) < 4.78 is 0. The lowest BCUT2D eigenvalue weighted by Crippen LogP contribution is -2.46. The lowest BCUT2D eigenvalue weighted by molar-refractivity contribution is -0.129. The van der Waals surface area contributed by atoms with Gasteiger partial charge in [0.2, 0.25) is 5.91 Å². The molecule has 0 aromatic rings. The zero-order valence-corrected chi connectivity index (χ0v) is 16.0. The van der Waals surface area contributed by atoms with Crippen LogP contribution >= 0.6 is 35.7 Å². The predicted molar refractivity (Wildman–Crippen MR) is 98.2 cm³/mol. The third kappa shape index (κ3) is 6.51. The largest absolute Gasteiger partial charge is 0.355 e. The van der Waals surface area contributed by atoms with Gasteiger partial charge in [0.1, 0.15) is 0 Å². The van der Waals surface area contributed by atoms with E-state index in [2.05, 4.69) is 28.8 Å². The van der Waals surface area contributed by atoms with E-state index >= 15 is 0 Å². The number of halogens is 1. The number of thioether (sulfide) groups is 1. The van der Waals surface area contributed by atoms with Crippen LogP contribution in [0.15, 0.2) is 4.99 Å². The summed E-state index contributed by atoms with van der Waals surface area (Å²) in [7, 11) is 1.78. The molecule has 1 fully saturated rings. The van der Waals surface area contributed by atoms with Crippen LogP contribution in [0.25, 0.3) is 0 Å². The molecule has 1 amide bonds. The summed E-state index contributed by atoms with van der Waals surface area (Å²) in [5, 5.41) is 7.27. The minimum Gasteiger partial charge on any atom is -0.355 e. The minimum atomic E-state index is 0. The number of likely N-dealkylation sites (tertiary alicyclic amines) is 1. The Hall–Kier alpha value is -0.180. The molecule has 0 aliphatic carbocycles. The Kier molecular flexibility index (Phi) is 10.4. The Morgan fingerprint density at radius 1 is 1.55 bits per heavy atom. The molecule has 1 aliphatic heterocycles. The Morgan fingerprint density at radius 2 is 2.25 bits per heavy atom. The van der Waals surface area contributed by atoms with Crippen LogP contribution in [0.5, 0.6) is 0 Å². The maximum Gasteiger partial charge on any atom is 0.222 e. The smallest absolute Gasteiger partial charge is 0.222 e. The monoisotopic (exact) mass is 414 g/mol. The topological polar surface area (TPSA) is 56.7 Å². The number of guanidine groups is 1. The molecule has 20 heavy (non-hydrogen) atoms. The molecule has 1 aliphatic rings. The Balaban J connectivity index is 0.00000361. The third-order valence-corrected chi connectivity index (χ3v) is 4.34. The molecule has 0 spiro atoms. The number of carbonyl (C=O) groups is 1. The molecule has 2 atom stereocenters. The summed E-state index contributed by atoms with van der Waals surface area (Å²) >= 11 is 1.83. The average molecular weight is 414 g/mol. The maximum absolute atomic E-state index is 11.6. The highest BCUT2D eigenvalue weighted by molar-refractivity contribution is 14.0. The Morgan fingerprint density at radius 3 is 2.80 bits per heavy atom. The predicted octanol–water partition coefficient (Wildman–Crippen LogP) is 1.53. The summed E-state index contributed by atoms with van der Waals surface area (Å²) in [5.41, 5.74) is 0. The molecule has 1 heterocycles. The van der Waals surface area contributed by atoms with Gasteiger partial charge in [0.25, 0.3) is 0 Å². The summed E-state index contributed by atoms with van der Waals surface area (Å²) in [6.45, 7) is 6.62. The van der Waals surface area contributed by atoms with Gasteiger partial charge in [0.05, 0.1) is 0 Å². The quantitative estimate of drug-likeness (QED) is 0.407. The number of amides is 1. The SMILES string of the molecule is CCC(=O)N1CCC(NC(=NC)NCC(C)SC)C1.I. The van der Waals surface area contributed by atoms with E-state index in [1.165, 1.54) is 0 Å². The average Bonchev–Trinajstić information content (AvgIpc) is 2.90. The molecule has 0 radical (unpaired) electrons. The van der Waals surface area contributed by atoms with E-state index in [4.69, 9.17) is 0 Å². The molecule has 1 saturated heterocycles. The number of aliphatic imine (C=N–C) groups is 1. The van der Waals surface area contributed by atoms with E-state index in [0.717, 1.165) is 32.0 Å². The third-order valence-electron chi connectivity index (χ3n) is 3.37. The fourth-order valence-corrected chi connectivity index (χ4v) is 2.29. The highest BCUT2D eigenvalue weighted by Gasteiger charge is 2.25. The first-order valence-corrected chi connectivity index (χ1v) is 8.17. The van der Waals surface area contributed by atoms with Crippen molar-refractivity contribution in [3.05, 3.63) is 0 Å². The first-order valence-electron chi connectivity index (χ1n) is 6.88. The van der Waals surface area contributed by atoms with Crippen molar-refractivity contribution in [2.45, 2.75) is 38.0 Å². The van der Waals surface area contributed by atoms with Crippen molar-refractivity contribution in [2.24, 2.45) is 4.99 Å². The molecule has 2 unspecified atom stereocenters. The number of rotatable bonds is 5. The lowest BCUT2D eigenvalue weighted by atomic mass is 10.3. The van der Waals surface area contributed by atoms with Gasteiger partial charge >= 0.3 is 0 Å². The van der Waals surface area contributed by atoms with Crippen molar-refractivity contribution in [1.82, 2.24) is 15.5 Å². The Labute approximate surface area is 143 Å². The first-order chi connectivity index (χ1) is 9.10. The van der Waals surface area contributed by atoms with Gasteiger partial charge < -0.3 is 15.5 Å². The minimum absolute atomic E-state index is 0. The highest BCUT2D eigenvalue weighted by atomic mass is 127. The fourth-order valence-electron chi connectivity index (χ4n) is 2.04. The second kappa shape index (κ2) is 10.5. The van der Waals surface area contributed by atoms with E-state index in [1.807, 2.05) is 23.6 Å². The van der Waals surface area contributed by atoms with E-state index < -0.39 is 0 Å². The molecule has 1 rings (SSSR count). The van der Waals surface area contributed by atoms with Crippen LogP contribution in [0.4, 0.5) is 0 Å². The van der Waals surface area contributed by atoms with Crippen molar-refractivity contribution in [3.63, 3.8) is 0 Å². The number of nitrogens with zero attached hydrogens (tertiary/aromatic N) is 2.